The molecule has 0 aliphatic heterocycles. The van der Waals surface area contributed by atoms with Gasteiger partial charge < -0.3 is 5.32 Å². The zero-order chi connectivity index (χ0) is 11.5. The normalized spacial score (nSPS) is 24.7. The first kappa shape index (κ1) is 12.1. The summed E-state index contributed by atoms with van der Waals surface area (Å²) in [5, 5.41) is 3.61. The number of hydrogen-bond acceptors (Lipinski definition) is 2. The molecule has 0 bridgehead atoms. The Morgan fingerprint density at radius 3 is 2.12 bits per heavy atom. The van der Waals surface area contributed by atoms with Crippen LogP contribution in [0.3, 0.4) is 0 Å². The van der Waals surface area contributed by atoms with Crippen molar-refractivity contribution in [2.75, 3.05) is 0 Å². The fraction of sp³-hybridized carbons (Fsp3) is 0.929. The molecule has 2 aliphatic rings. The third-order valence-electron chi connectivity index (χ3n) is 4.25. The Hall–Kier alpha value is -0.370. The van der Waals surface area contributed by atoms with Gasteiger partial charge in [-0.25, -0.2) is 0 Å². The molecule has 0 spiro atoms. The van der Waals surface area contributed by atoms with Gasteiger partial charge in [0.2, 0.25) is 0 Å². The lowest BCUT2D eigenvalue weighted by molar-refractivity contribution is -0.128. The standard InChI is InChI=1S/C14H25NO/c1-10(2)13(14(16)11-6-5-7-11)15-12-8-3-4-9-12/h10-13,15H,3-9H2,1-2H3. The van der Waals surface area contributed by atoms with Gasteiger partial charge in [0.05, 0.1) is 6.04 Å². The van der Waals surface area contributed by atoms with Gasteiger partial charge >= 0.3 is 0 Å². The minimum Gasteiger partial charge on any atom is -0.304 e. The van der Waals surface area contributed by atoms with Gasteiger partial charge in [-0.1, -0.05) is 33.1 Å². The molecule has 0 heterocycles. The molecule has 0 aromatic carbocycles. The van der Waals surface area contributed by atoms with Crippen molar-refractivity contribution in [2.45, 2.75) is 70.9 Å². The summed E-state index contributed by atoms with van der Waals surface area (Å²) < 4.78 is 0. The summed E-state index contributed by atoms with van der Waals surface area (Å²) in [5.41, 5.74) is 0. The molecular formula is C14H25NO. The molecule has 0 aromatic rings. The second-order valence-corrected chi connectivity index (χ2v) is 5.90. The second-order valence-electron chi connectivity index (χ2n) is 5.90. The van der Waals surface area contributed by atoms with E-state index in [1.165, 1.54) is 32.1 Å². The van der Waals surface area contributed by atoms with Crippen LogP contribution in [0, 0.1) is 11.8 Å². The first-order valence-electron chi connectivity index (χ1n) is 6.98. The summed E-state index contributed by atoms with van der Waals surface area (Å²) in [7, 11) is 0. The molecule has 1 unspecified atom stereocenters. The molecule has 2 fully saturated rings. The average Bonchev–Trinajstić information content (AvgIpc) is 2.62. The van der Waals surface area contributed by atoms with Crippen LogP contribution in [0.15, 0.2) is 0 Å². The summed E-state index contributed by atoms with van der Waals surface area (Å²) >= 11 is 0. The summed E-state index contributed by atoms with van der Waals surface area (Å²) in [5.74, 6) is 1.31. The summed E-state index contributed by atoms with van der Waals surface area (Å²) in [6.07, 6.45) is 8.72. The van der Waals surface area contributed by atoms with Gasteiger partial charge in [0.15, 0.2) is 5.78 Å². The van der Waals surface area contributed by atoms with Gasteiger partial charge in [-0.15, -0.1) is 0 Å². The Balaban J connectivity index is 1.90. The number of nitrogens with one attached hydrogen (secondary N) is 1. The maximum atomic E-state index is 12.3. The van der Waals surface area contributed by atoms with Crippen LogP contribution in [-0.2, 0) is 4.79 Å². The van der Waals surface area contributed by atoms with Crippen molar-refractivity contribution in [3.05, 3.63) is 0 Å². The quantitative estimate of drug-likeness (QED) is 0.776. The van der Waals surface area contributed by atoms with Gasteiger partial charge in [0.1, 0.15) is 0 Å². The van der Waals surface area contributed by atoms with Crippen molar-refractivity contribution in [3.8, 4) is 0 Å². The Morgan fingerprint density at radius 2 is 1.69 bits per heavy atom. The van der Waals surface area contributed by atoms with E-state index in [0.29, 0.717) is 23.7 Å². The minimum absolute atomic E-state index is 0.119. The van der Waals surface area contributed by atoms with Gasteiger partial charge in [0.25, 0.3) is 0 Å². The number of Topliss-reactive ketones (excluding diaryl/α,β-unsaturated/α-hetero) is 1. The highest BCUT2D eigenvalue weighted by atomic mass is 16.1. The lowest BCUT2D eigenvalue weighted by Gasteiger charge is -2.32. The van der Waals surface area contributed by atoms with Crippen LogP contribution >= 0.6 is 0 Å². The molecule has 0 aromatic heterocycles. The maximum Gasteiger partial charge on any atom is 0.153 e. The van der Waals surface area contributed by atoms with E-state index in [4.69, 9.17) is 0 Å². The lowest BCUT2D eigenvalue weighted by atomic mass is 9.77. The molecule has 0 radical (unpaired) electrons. The van der Waals surface area contributed by atoms with Crippen molar-refractivity contribution in [1.82, 2.24) is 5.32 Å². The highest BCUT2D eigenvalue weighted by molar-refractivity contribution is 5.87. The van der Waals surface area contributed by atoms with E-state index in [2.05, 4.69) is 19.2 Å². The van der Waals surface area contributed by atoms with Gasteiger partial charge in [-0.2, -0.15) is 0 Å². The van der Waals surface area contributed by atoms with E-state index >= 15 is 0 Å². The lowest BCUT2D eigenvalue weighted by Crippen LogP contribution is -2.49. The number of hydrogen-bond donors (Lipinski definition) is 1. The SMILES string of the molecule is CC(C)C(NC1CCCC1)C(=O)C1CCC1. The molecule has 2 saturated carbocycles. The topological polar surface area (TPSA) is 29.1 Å². The van der Waals surface area contributed by atoms with Crippen molar-refractivity contribution in [3.63, 3.8) is 0 Å². The zero-order valence-corrected chi connectivity index (χ0v) is 10.7. The molecule has 0 saturated heterocycles. The van der Waals surface area contributed by atoms with Gasteiger partial charge in [-0.3, -0.25) is 4.79 Å². The van der Waals surface area contributed by atoms with E-state index in [9.17, 15) is 4.79 Å². The van der Waals surface area contributed by atoms with E-state index in [1.54, 1.807) is 0 Å². The highest BCUT2D eigenvalue weighted by Crippen LogP contribution is 2.30. The molecule has 2 heteroatoms. The van der Waals surface area contributed by atoms with Crippen LogP contribution in [0.25, 0.3) is 0 Å². The average molecular weight is 223 g/mol. The third-order valence-corrected chi connectivity index (χ3v) is 4.25. The fourth-order valence-electron chi connectivity index (χ4n) is 2.90. The number of rotatable bonds is 5. The van der Waals surface area contributed by atoms with Crippen molar-refractivity contribution < 1.29 is 4.79 Å². The summed E-state index contributed by atoms with van der Waals surface area (Å²) in [6.45, 7) is 4.34. The predicted octanol–water partition coefficient (Wildman–Crippen LogP) is 2.91. The van der Waals surface area contributed by atoms with Crippen LogP contribution in [0.1, 0.15) is 58.8 Å². The van der Waals surface area contributed by atoms with Crippen LogP contribution in [0.4, 0.5) is 0 Å². The maximum absolute atomic E-state index is 12.3. The smallest absolute Gasteiger partial charge is 0.153 e. The number of ketones is 1. The molecule has 16 heavy (non-hydrogen) atoms. The molecule has 92 valence electrons. The fourth-order valence-corrected chi connectivity index (χ4v) is 2.90. The van der Waals surface area contributed by atoms with Crippen molar-refractivity contribution in [1.29, 1.82) is 0 Å². The number of carbonyl (C=O) groups excluding carboxylic acids is 1. The Morgan fingerprint density at radius 1 is 1.06 bits per heavy atom. The second kappa shape index (κ2) is 5.31. The Labute approximate surface area is 99.2 Å². The van der Waals surface area contributed by atoms with Crippen LogP contribution < -0.4 is 5.32 Å². The molecule has 2 rings (SSSR count). The van der Waals surface area contributed by atoms with Crippen LogP contribution in [0.5, 0.6) is 0 Å². The molecule has 0 amide bonds. The van der Waals surface area contributed by atoms with E-state index in [0.717, 1.165) is 12.8 Å². The van der Waals surface area contributed by atoms with Crippen LogP contribution in [-0.4, -0.2) is 17.9 Å². The van der Waals surface area contributed by atoms with Crippen molar-refractivity contribution in [2.24, 2.45) is 11.8 Å². The molecule has 2 nitrogen and oxygen atoms in total. The predicted molar refractivity (Wildman–Crippen MR) is 66.4 cm³/mol. The number of carbonyl (C=O) groups is 1. The first-order valence-corrected chi connectivity index (χ1v) is 6.98. The zero-order valence-electron chi connectivity index (χ0n) is 10.7. The minimum atomic E-state index is 0.119. The van der Waals surface area contributed by atoms with E-state index < -0.39 is 0 Å². The molecule has 1 atom stereocenters. The monoisotopic (exact) mass is 223 g/mol. The summed E-state index contributed by atoms with van der Waals surface area (Å²) in [4.78, 5) is 12.3. The third kappa shape index (κ3) is 2.65. The van der Waals surface area contributed by atoms with Gasteiger partial charge in [0, 0.05) is 12.0 Å². The van der Waals surface area contributed by atoms with Crippen LogP contribution in [0.2, 0.25) is 0 Å². The Bertz CT molecular complexity index is 239. The molecule has 1 N–H and O–H groups in total. The summed E-state index contributed by atoms with van der Waals surface area (Å²) in [6, 6.07) is 0.727. The van der Waals surface area contributed by atoms with E-state index in [-0.39, 0.29) is 6.04 Å². The largest absolute Gasteiger partial charge is 0.304 e. The highest BCUT2D eigenvalue weighted by Gasteiger charge is 2.34. The Kier molecular flexibility index (Phi) is 4.01. The van der Waals surface area contributed by atoms with Gasteiger partial charge in [-0.05, 0) is 31.6 Å². The molecular weight excluding hydrogens is 198 g/mol. The van der Waals surface area contributed by atoms with E-state index in [1.807, 2.05) is 0 Å². The first-order chi connectivity index (χ1) is 7.68. The van der Waals surface area contributed by atoms with Crippen molar-refractivity contribution >= 4 is 5.78 Å². The molecule has 2 aliphatic carbocycles.